The van der Waals surface area contributed by atoms with E-state index in [1.54, 1.807) is 6.92 Å². The van der Waals surface area contributed by atoms with Crippen molar-refractivity contribution in [3.63, 3.8) is 0 Å². The molecule has 0 saturated heterocycles. The molecule has 0 aromatic heterocycles. The Hall–Kier alpha value is -1.35. The largest absolute Gasteiger partial charge is 0.462 e. The minimum Gasteiger partial charge on any atom is -0.462 e. The van der Waals surface area contributed by atoms with Crippen molar-refractivity contribution in [1.29, 1.82) is 0 Å². The third kappa shape index (κ3) is 2.09. The van der Waals surface area contributed by atoms with Crippen LogP contribution in [-0.2, 0) is 4.74 Å². The Balaban J connectivity index is 2.54. The zero-order valence-corrected chi connectivity index (χ0v) is 10.5. The van der Waals surface area contributed by atoms with E-state index in [0.29, 0.717) is 12.2 Å². The molecule has 0 unspecified atom stereocenters. The van der Waals surface area contributed by atoms with E-state index in [0.717, 1.165) is 15.2 Å². The summed E-state index contributed by atoms with van der Waals surface area (Å²) in [5, 5.41) is 2.14. The van der Waals surface area contributed by atoms with E-state index in [1.165, 1.54) is 0 Å². The van der Waals surface area contributed by atoms with Gasteiger partial charge in [0.25, 0.3) is 0 Å². The summed E-state index contributed by atoms with van der Waals surface area (Å²) in [5.74, 6) is -0.292. The Morgan fingerprint density at radius 1 is 1.25 bits per heavy atom. The summed E-state index contributed by atoms with van der Waals surface area (Å²) >= 11 is 3.39. The number of halogens is 1. The Morgan fingerprint density at radius 2 is 1.88 bits per heavy atom. The van der Waals surface area contributed by atoms with Crippen LogP contribution in [0, 0.1) is 0 Å². The first kappa shape index (κ1) is 11.1. The molecule has 0 fully saturated rings. The Bertz CT molecular complexity index is 534. The molecular formula is C13H11BrO2. The van der Waals surface area contributed by atoms with Crippen molar-refractivity contribution >= 4 is 32.7 Å². The molecule has 0 aliphatic carbocycles. The SMILES string of the molecule is CCOC(=O)c1cc2ccccc2cc1Br. The Morgan fingerprint density at radius 3 is 2.50 bits per heavy atom. The molecule has 0 amide bonds. The van der Waals surface area contributed by atoms with Crippen LogP contribution in [0.5, 0.6) is 0 Å². The van der Waals surface area contributed by atoms with Crippen molar-refractivity contribution in [1.82, 2.24) is 0 Å². The first-order valence-corrected chi connectivity index (χ1v) is 5.87. The number of esters is 1. The van der Waals surface area contributed by atoms with E-state index in [1.807, 2.05) is 36.4 Å². The van der Waals surface area contributed by atoms with E-state index in [2.05, 4.69) is 15.9 Å². The summed E-state index contributed by atoms with van der Waals surface area (Å²) in [7, 11) is 0. The molecule has 0 aliphatic rings. The van der Waals surface area contributed by atoms with Gasteiger partial charge in [-0.05, 0) is 45.8 Å². The van der Waals surface area contributed by atoms with E-state index in [9.17, 15) is 4.79 Å². The molecule has 0 heterocycles. The normalized spacial score (nSPS) is 10.4. The fourth-order valence-corrected chi connectivity index (χ4v) is 2.10. The van der Waals surface area contributed by atoms with Crippen LogP contribution in [0.2, 0.25) is 0 Å². The van der Waals surface area contributed by atoms with Gasteiger partial charge in [-0.1, -0.05) is 24.3 Å². The molecule has 0 atom stereocenters. The Kier molecular flexibility index (Phi) is 3.25. The van der Waals surface area contributed by atoms with Gasteiger partial charge in [-0.2, -0.15) is 0 Å². The summed E-state index contributed by atoms with van der Waals surface area (Å²) in [6.45, 7) is 2.19. The highest BCUT2D eigenvalue weighted by molar-refractivity contribution is 9.10. The first-order valence-electron chi connectivity index (χ1n) is 5.08. The van der Waals surface area contributed by atoms with E-state index < -0.39 is 0 Å². The fourth-order valence-electron chi connectivity index (χ4n) is 1.58. The first-order chi connectivity index (χ1) is 7.72. The number of hydrogen-bond acceptors (Lipinski definition) is 2. The molecule has 2 aromatic carbocycles. The van der Waals surface area contributed by atoms with Crippen molar-refractivity contribution in [2.24, 2.45) is 0 Å². The molecule has 0 N–H and O–H groups in total. The van der Waals surface area contributed by atoms with Gasteiger partial charge >= 0.3 is 5.97 Å². The number of benzene rings is 2. The molecule has 16 heavy (non-hydrogen) atoms. The van der Waals surface area contributed by atoms with Crippen molar-refractivity contribution in [2.45, 2.75) is 6.92 Å². The number of rotatable bonds is 2. The summed E-state index contributed by atoms with van der Waals surface area (Å²) in [6, 6.07) is 11.7. The van der Waals surface area contributed by atoms with Crippen molar-refractivity contribution in [3.8, 4) is 0 Å². The smallest absolute Gasteiger partial charge is 0.339 e. The zero-order valence-electron chi connectivity index (χ0n) is 8.87. The summed E-state index contributed by atoms with van der Waals surface area (Å²) in [6.07, 6.45) is 0. The third-order valence-corrected chi connectivity index (χ3v) is 2.99. The maximum atomic E-state index is 11.7. The molecule has 0 spiro atoms. The van der Waals surface area contributed by atoms with Crippen LogP contribution < -0.4 is 0 Å². The number of ether oxygens (including phenoxy) is 1. The topological polar surface area (TPSA) is 26.3 Å². The van der Waals surface area contributed by atoms with Gasteiger partial charge in [0.1, 0.15) is 0 Å². The lowest BCUT2D eigenvalue weighted by Crippen LogP contribution is -2.05. The molecule has 2 nitrogen and oxygen atoms in total. The molecular weight excluding hydrogens is 268 g/mol. The highest BCUT2D eigenvalue weighted by atomic mass is 79.9. The zero-order chi connectivity index (χ0) is 11.5. The second-order valence-corrected chi connectivity index (χ2v) is 4.25. The number of hydrogen-bond donors (Lipinski definition) is 0. The average molecular weight is 279 g/mol. The molecule has 82 valence electrons. The minimum absolute atomic E-state index is 0.292. The highest BCUT2D eigenvalue weighted by Gasteiger charge is 2.11. The van der Waals surface area contributed by atoms with Crippen LogP contribution in [0.1, 0.15) is 17.3 Å². The van der Waals surface area contributed by atoms with Gasteiger partial charge in [0.2, 0.25) is 0 Å². The van der Waals surface area contributed by atoms with E-state index in [-0.39, 0.29) is 5.97 Å². The van der Waals surface area contributed by atoms with Gasteiger partial charge in [0, 0.05) is 4.47 Å². The Labute approximate surface area is 102 Å². The molecule has 2 aromatic rings. The van der Waals surface area contributed by atoms with Gasteiger partial charge in [-0.15, -0.1) is 0 Å². The van der Waals surface area contributed by atoms with Crippen LogP contribution >= 0.6 is 15.9 Å². The molecule has 2 rings (SSSR count). The lowest BCUT2D eigenvalue weighted by Gasteiger charge is -2.06. The standard InChI is InChI=1S/C13H11BrO2/c1-2-16-13(15)11-7-9-5-3-4-6-10(9)8-12(11)14/h3-8H,2H2,1H3. The summed E-state index contributed by atoms with van der Waals surface area (Å²) < 4.78 is 5.76. The van der Waals surface area contributed by atoms with Crippen LogP contribution in [0.15, 0.2) is 40.9 Å². The van der Waals surface area contributed by atoms with Crippen molar-refractivity contribution < 1.29 is 9.53 Å². The summed E-state index contributed by atoms with van der Waals surface area (Å²) in [4.78, 5) is 11.7. The van der Waals surface area contributed by atoms with Gasteiger partial charge in [-0.25, -0.2) is 4.79 Å². The average Bonchev–Trinajstić information content (AvgIpc) is 2.28. The maximum absolute atomic E-state index is 11.7. The number of carbonyl (C=O) groups excluding carboxylic acids is 1. The van der Waals surface area contributed by atoms with E-state index in [4.69, 9.17) is 4.74 Å². The fraction of sp³-hybridized carbons (Fsp3) is 0.154. The van der Waals surface area contributed by atoms with Gasteiger partial charge in [-0.3, -0.25) is 0 Å². The van der Waals surface area contributed by atoms with Gasteiger partial charge in [0.05, 0.1) is 12.2 Å². The molecule has 0 radical (unpaired) electrons. The van der Waals surface area contributed by atoms with Crippen LogP contribution in [0.25, 0.3) is 10.8 Å². The molecule has 0 aliphatic heterocycles. The lowest BCUT2D eigenvalue weighted by molar-refractivity contribution is 0.0525. The predicted molar refractivity (Wildman–Crippen MR) is 67.6 cm³/mol. The van der Waals surface area contributed by atoms with Crippen LogP contribution in [0.4, 0.5) is 0 Å². The number of carbonyl (C=O) groups is 1. The minimum atomic E-state index is -0.292. The van der Waals surface area contributed by atoms with E-state index >= 15 is 0 Å². The summed E-state index contributed by atoms with van der Waals surface area (Å²) in [5.41, 5.74) is 0.570. The van der Waals surface area contributed by atoms with Gasteiger partial charge in [0.15, 0.2) is 0 Å². The van der Waals surface area contributed by atoms with Crippen LogP contribution in [0.3, 0.4) is 0 Å². The van der Waals surface area contributed by atoms with Crippen LogP contribution in [-0.4, -0.2) is 12.6 Å². The second-order valence-electron chi connectivity index (χ2n) is 3.40. The van der Waals surface area contributed by atoms with Crippen molar-refractivity contribution in [2.75, 3.05) is 6.61 Å². The molecule has 0 bridgehead atoms. The molecule has 3 heteroatoms. The second kappa shape index (κ2) is 4.66. The monoisotopic (exact) mass is 278 g/mol. The predicted octanol–water partition coefficient (Wildman–Crippen LogP) is 3.78. The third-order valence-electron chi connectivity index (χ3n) is 2.33. The number of fused-ring (bicyclic) bond motifs is 1. The quantitative estimate of drug-likeness (QED) is 0.782. The maximum Gasteiger partial charge on any atom is 0.339 e. The molecule has 0 saturated carbocycles. The lowest BCUT2D eigenvalue weighted by atomic mass is 10.1. The van der Waals surface area contributed by atoms with Gasteiger partial charge < -0.3 is 4.74 Å². The van der Waals surface area contributed by atoms with Crippen molar-refractivity contribution in [3.05, 3.63) is 46.4 Å². The highest BCUT2D eigenvalue weighted by Crippen LogP contribution is 2.24.